The number of rotatable bonds is 7. The molecule has 2 heterocycles. The number of nitro groups is 1. The molecule has 0 radical (unpaired) electrons. The molecule has 0 unspecified atom stereocenters. The van der Waals surface area contributed by atoms with Gasteiger partial charge >= 0.3 is 11.6 Å². The molecule has 0 atom stereocenters. The third-order valence-corrected chi connectivity index (χ3v) is 5.08. The van der Waals surface area contributed by atoms with Gasteiger partial charge in [0, 0.05) is 16.1 Å². The number of nitrogens with zero attached hydrogens (tertiary/aromatic N) is 4. The molecular weight excluding hydrogens is 480 g/mol. The van der Waals surface area contributed by atoms with Crippen molar-refractivity contribution < 1.29 is 14.5 Å². The van der Waals surface area contributed by atoms with E-state index in [0.717, 1.165) is 21.7 Å². The molecule has 0 aliphatic rings. The molecule has 0 bridgehead atoms. The van der Waals surface area contributed by atoms with Crippen LogP contribution in [0.3, 0.4) is 0 Å². The van der Waals surface area contributed by atoms with Gasteiger partial charge in [0.25, 0.3) is 0 Å². The molecule has 2 aromatic heterocycles. The minimum Gasteiger partial charge on any atom is -0.431 e. The summed E-state index contributed by atoms with van der Waals surface area (Å²) in [6, 6.07) is 16.0. The van der Waals surface area contributed by atoms with E-state index in [-0.39, 0.29) is 23.9 Å². The van der Waals surface area contributed by atoms with E-state index in [0.29, 0.717) is 5.52 Å². The lowest BCUT2D eigenvalue weighted by molar-refractivity contribution is -0.385. The van der Waals surface area contributed by atoms with Crippen molar-refractivity contribution in [3.63, 3.8) is 0 Å². The van der Waals surface area contributed by atoms with Gasteiger partial charge in [-0.3, -0.25) is 30.7 Å². The fourth-order valence-corrected chi connectivity index (χ4v) is 3.40. The average molecular weight is 495 g/mol. The molecular formula is C21H15BrN6O4. The summed E-state index contributed by atoms with van der Waals surface area (Å²) in [5, 5.41) is 12.5. The van der Waals surface area contributed by atoms with Crippen LogP contribution in [-0.2, 0) is 11.2 Å². The summed E-state index contributed by atoms with van der Waals surface area (Å²) >= 11 is 3.44. The Labute approximate surface area is 189 Å². The Balaban J connectivity index is 1.58. The minimum atomic E-state index is -0.685. The Bertz CT molecular complexity index is 1300. The van der Waals surface area contributed by atoms with Crippen molar-refractivity contribution >= 4 is 44.2 Å². The van der Waals surface area contributed by atoms with Crippen molar-refractivity contribution in [1.82, 2.24) is 20.4 Å². The summed E-state index contributed by atoms with van der Waals surface area (Å²) in [6.07, 6.45) is 2.78. The Morgan fingerprint density at radius 1 is 1.06 bits per heavy atom. The second kappa shape index (κ2) is 9.35. The minimum absolute atomic E-state index is 0.0899. The van der Waals surface area contributed by atoms with Gasteiger partial charge < -0.3 is 4.74 Å². The van der Waals surface area contributed by atoms with E-state index in [4.69, 9.17) is 4.74 Å². The normalized spacial score (nSPS) is 10.5. The molecule has 4 rings (SSSR count). The predicted molar refractivity (Wildman–Crippen MR) is 120 cm³/mol. The van der Waals surface area contributed by atoms with Crippen LogP contribution in [0.15, 0.2) is 71.6 Å². The van der Waals surface area contributed by atoms with Crippen LogP contribution >= 0.6 is 15.9 Å². The molecule has 32 heavy (non-hydrogen) atoms. The summed E-state index contributed by atoms with van der Waals surface area (Å²) in [7, 11) is 0. The van der Waals surface area contributed by atoms with Gasteiger partial charge in [-0.05, 0) is 23.8 Å². The molecule has 0 fully saturated rings. The Kier molecular flexibility index (Phi) is 6.17. The number of hydrazine groups is 1. The van der Waals surface area contributed by atoms with Crippen molar-refractivity contribution in [1.29, 1.82) is 0 Å². The van der Waals surface area contributed by atoms with Crippen LogP contribution in [0.5, 0.6) is 11.6 Å². The van der Waals surface area contributed by atoms with E-state index in [1.165, 1.54) is 0 Å². The van der Waals surface area contributed by atoms with Crippen LogP contribution in [0.1, 0.15) is 5.56 Å². The first-order valence-corrected chi connectivity index (χ1v) is 10.1. The van der Waals surface area contributed by atoms with Crippen molar-refractivity contribution in [3.8, 4) is 11.6 Å². The van der Waals surface area contributed by atoms with Crippen molar-refractivity contribution in [2.75, 3.05) is 5.43 Å². The van der Waals surface area contributed by atoms with Gasteiger partial charge in [0.05, 0.1) is 11.3 Å². The summed E-state index contributed by atoms with van der Waals surface area (Å²) in [4.78, 5) is 35.3. The van der Waals surface area contributed by atoms with Crippen molar-refractivity contribution in [2.45, 2.75) is 6.42 Å². The molecule has 4 aromatic rings. The lowest BCUT2D eigenvalue weighted by Gasteiger charge is -2.11. The molecule has 2 aromatic carbocycles. The van der Waals surface area contributed by atoms with E-state index in [1.807, 2.05) is 24.3 Å². The molecule has 0 aliphatic heterocycles. The highest BCUT2D eigenvalue weighted by molar-refractivity contribution is 9.10. The zero-order valence-electron chi connectivity index (χ0n) is 16.4. The van der Waals surface area contributed by atoms with Crippen LogP contribution in [0.4, 0.5) is 11.5 Å². The van der Waals surface area contributed by atoms with Crippen LogP contribution in [-0.4, -0.2) is 25.8 Å². The molecule has 0 aliphatic carbocycles. The maximum Gasteiger partial charge on any atom is 0.374 e. The third kappa shape index (κ3) is 4.62. The highest BCUT2D eigenvalue weighted by Gasteiger charge is 2.26. The number of ether oxygens (including phenoxy) is 1. The zero-order chi connectivity index (χ0) is 22.5. The summed E-state index contributed by atoms with van der Waals surface area (Å²) in [5.74, 6) is -0.616. The summed E-state index contributed by atoms with van der Waals surface area (Å²) in [5.41, 5.74) is 5.67. The zero-order valence-corrected chi connectivity index (χ0v) is 17.9. The molecule has 0 spiro atoms. The maximum atomic E-state index is 12.2. The number of pyridine rings is 1. The number of hydrogen-bond donors (Lipinski definition) is 2. The standard InChI is InChI=1S/C21H15BrN6O4/c22-15-8-9-16(18-14(15)7-4-10-23-18)32-21-19(28(30)31)20(24-12-25-21)27-26-17(29)11-13-5-2-1-3-6-13/h1-10,12H,11H2,(H,26,29)(H,24,25,27). The second-order valence-corrected chi connectivity index (χ2v) is 7.37. The lowest BCUT2D eigenvalue weighted by atomic mass is 10.1. The summed E-state index contributed by atoms with van der Waals surface area (Å²) < 4.78 is 6.55. The smallest absolute Gasteiger partial charge is 0.374 e. The second-order valence-electron chi connectivity index (χ2n) is 6.52. The highest BCUT2D eigenvalue weighted by Crippen LogP contribution is 2.37. The Morgan fingerprint density at radius 3 is 2.66 bits per heavy atom. The van der Waals surface area contributed by atoms with Crippen LogP contribution in [0.2, 0.25) is 0 Å². The van der Waals surface area contributed by atoms with E-state index in [1.54, 1.807) is 36.5 Å². The Morgan fingerprint density at radius 2 is 1.88 bits per heavy atom. The number of carbonyl (C=O) groups excluding carboxylic acids is 1. The number of carbonyl (C=O) groups is 1. The molecule has 11 heteroatoms. The summed E-state index contributed by atoms with van der Waals surface area (Å²) in [6.45, 7) is 0. The fourth-order valence-electron chi connectivity index (χ4n) is 2.95. The number of nitrogens with one attached hydrogen (secondary N) is 2. The first kappa shape index (κ1) is 21.1. The number of halogens is 1. The number of aromatic nitrogens is 3. The van der Waals surface area contributed by atoms with Crippen LogP contribution < -0.4 is 15.6 Å². The number of hydrogen-bond acceptors (Lipinski definition) is 8. The molecule has 0 saturated heterocycles. The van der Waals surface area contributed by atoms with Gasteiger partial charge in [-0.2, -0.15) is 4.98 Å². The van der Waals surface area contributed by atoms with Gasteiger partial charge in [-0.1, -0.05) is 52.3 Å². The van der Waals surface area contributed by atoms with Gasteiger partial charge in [-0.25, -0.2) is 4.98 Å². The SMILES string of the molecule is O=C(Cc1ccccc1)NNc1ncnc(Oc2ccc(Br)c3cccnc23)c1[N+](=O)[O-]. The van der Waals surface area contributed by atoms with E-state index < -0.39 is 16.5 Å². The van der Waals surface area contributed by atoms with E-state index in [2.05, 4.69) is 41.7 Å². The molecule has 0 saturated carbocycles. The van der Waals surface area contributed by atoms with Crippen LogP contribution in [0, 0.1) is 10.1 Å². The Hall–Kier alpha value is -4.12. The van der Waals surface area contributed by atoms with Gasteiger partial charge in [0.15, 0.2) is 5.75 Å². The first-order valence-electron chi connectivity index (χ1n) is 9.32. The molecule has 2 N–H and O–H groups in total. The van der Waals surface area contributed by atoms with Crippen molar-refractivity contribution in [3.05, 3.63) is 87.3 Å². The number of anilines is 1. The van der Waals surface area contributed by atoms with Gasteiger partial charge in [0.1, 0.15) is 11.8 Å². The largest absolute Gasteiger partial charge is 0.431 e. The van der Waals surface area contributed by atoms with Gasteiger partial charge in [0.2, 0.25) is 11.7 Å². The third-order valence-electron chi connectivity index (χ3n) is 4.39. The van der Waals surface area contributed by atoms with E-state index in [9.17, 15) is 14.9 Å². The first-order chi connectivity index (χ1) is 15.5. The number of amides is 1. The van der Waals surface area contributed by atoms with Crippen molar-refractivity contribution in [2.24, 2.45) is 0 Å². The number of fused-ring (bicyclic) bond motifs is 1. The molecule has 1 amide bonds. The average Bonchev–Trinajstić information content (AvgIpc) is 2.80. The monoisotopic (exact) mass is 494 g/mol. The molecule has 10 nitrogen and oxygen atoms in total. The fraction of sp³-hybridized carbons (Fsp3) is 0.0476. The predicted octanol–water partition coefficient (Wildman–Crippen LogP) is 4.17. The maximum absolute atomic E-state index is 12.2. The quantitative estimate of drug-likeness (QED) is 0.288. The molecule has 160 valence electrons. The van der Waals surface area contributed by atoms with Gasteiger partial charge in [-0.15, -0.1) is 0 Å². The van der Waals surface area contributed by atoms with Crippen LogP contribution in [0.25, 0.3) is 10.9 Å². The number of benzene rings is 2. The topological polar surface area (TPSA) is 132 Å². The lowest BCUT2D eigenvalue weighted by Crippen LogP contribution is -2.31. The highest BCUT2D eigenvalue weighted by atomic mass is 79.9. The van der Waals surface area contributed by atoms with E-state index >= 15 is 0 Å².